The lowest BCUT2D eigenvalue weighted by Crippen LogP contribution is -2.52. The number of carboxylic acid groups (broad SMARTS) is 1. The molecule has 226 valence electrons. The number of rotatable bonds is 11. The van der Waals surface area contributed by atoms with Crippen molar-refractivity contribution >= 4 is 27.6 Å². The zero-order valence-corrected chi connectivity index (χ0v) is 24.0. The van der Waals surface area contributed by atoms with Gasteiger partial charge in [-0.05, 0) is 74.0 Å². The first-order valence-corrected chi connectivity index (χ1v) is 15.5. The zero-order chi connectivity index (χ0) is 29.8. The number of alkyl halides is 3. The van der Waals surface area contributed by atoms with E-state index in [1.54, 1.807) is 0 Å². The van der Waals surface area contributed by atoms with Crippen molar-refractivity contribution in [3.63, 3.8) is 0 Å². The molecule has 0 radical (unpaired) electrons. The van der Waals surface area contributed by atoms with Gasteiger partial charge in [0, 0.05) is 25.7 Å². The second kappa shape index (κ2) is 13.4. The van der Waals surface area contributed by atoms with Gasteiger partial charge in [0.15, 0.2) is 5.82 Å². The van der Waals surface area contributed by atoms with Gasteiger partial charge in [0.25, 0.3) is 0 Å². The molecule has 0 saturated carbocycles. The third kappa shape index (κ3) is 7.78. The van der Waals surface area contributed by atoms with Gasteiger partial charge in [-0.15, -0.1) is 0 Å². The Hall–Kier alpha value is -2.25. The molecular formula is C28H34ClF4N3O4S. The van der Waals surface area contributed by atoms with Crippen molar-refractivity contribution in [3.8, 4) is 0 Å². The van der Waals surface area contributed by atoms with Crippen LogP contribution in [0, 0.1) is 5.82 Å². The molecule has 1 fully saturated rings. The fraction of sp³-hybridized carbons (Fsp3) is 0.536. The third-order valence-corrected chi connectivity index (χ3v) is 9.91. The zero-order valence-electron chi connectivity index (χ0n) is 22.5. The van der Waals surface area contributed by atoms with E-state index in [4.69, 9.17) is 16.7 Å². The standard InChI is InChI=1S/C28H34ClF4N3O4S/c29-22-7-5-9-24(27(22)30)41(39,40)36(25(17-26(37)38)28(31,32)33)15-12-34-23-8-4-6-20-16-19(10-11-21(20)23)18-35-13-2-1-3-14-35/h5,7,9-11,16,23,25,34H,1-4,6,8,12-15,17-18H2,(H,37,38)/t23-,25-/m1/s1. The van der Waals surface area contributed by atoms with Crippen LogP contribution >= 0.6 is 11.6 Å². The Morgan fingerprint density at radius 2 is 1.88 bits per heavy atom. The summed E-state index contributed by atoms with van der Waals surface area (Å²) < 4.78 is 83.5. The summed E-state index contributed by atoms with van der Waals surface area (Å²) in [6.07, 6.45) is -0.709. The quantitative estimate of drug-likeness (QED) is 0.322. The van der Waals surface area contributed by atoms with Gasteiger partial charge in [-0.2, -0.15) is 17.5 Å². The number of carboxylic acids is 1. The van der Waals surface area contributed by atoms with E-state index in [9.17, 15) is 30.8 Å². The van der Waals surface area contributed by atoms with E-state index in [0.29, 0.717) is 6.42 Å². The second-order valence-corrected chi connectivity index (χ2v) is 12.9. The second-order valence-electron chi connectivity index (χ2n) is 10.6. The number of fused-ring (bicyclic) bond motifs is 1. The molecule has 0 spiro atoms. The highest BCUT2D eigenvalue weighted by atomic mass is 35.5. The Kier molecular flexibility index (Phi) is 10.3. The third-order valence-electron chi connectivity index (χ3n) is 7.70. The van der Waals surface area contributed by atoms with E-state index in [0.717, 1.165) is 61.8 Å². The summed E-state index contributed by atoms with van der Waals surface area (Å²) in [7, 11) is -5.12. The smallest absolute Gasteiger partial charge is 0.405 e. The average molecular weight is 620 g/mol. The highest BCUT2D eigenvalue weighted by molar-refractivity contribution is 7.89. The normalized spacial score (nSPS) is 19.2. The molecule has 4 rings (SSSR count). The number of likely N-dealkylation sites (tertiary alicyclic amines) is 1. The number of carbonyl (C=O) groups is 1. The van der Waals surface area contributed by atoms with Crippen LogP contribution in [0.1, 0.15) is 61.3 Å². The van der Waals surface area contributed by atoms with Crippen LogP contribution in [0.5, 0.6) is 0 Å². The van der Waals surface area contributed by atoms with Gasteiger partial charge in [0.2, 0.25) is 10.0 Å². The van der Waals surface area contributed by atoms with E-state index in [-0.39, 0.29) is 16.9 Å². The van der Waals surface area contributed by atoms with Crippen molar-refractivity contribution in [2.75, 3.05) is 26.2 Å². The summed E-state index contributed by atoms with van der Waals surface area (Å²) >= 11 is 5.71. The molecule has 0 amide bonds. The van der Waals surface area contributed by atoms with Crippen LogP contribution in [0.25, 0.3) is 0 Å². The molecule has 1 saturated heterocycles. The number of halogens is 5. The molecule has 2 aliphatic rings. The molecule has 1 aliphatic carbocycles. The minimum atomic E-state index is -5.22. The summed E-state index contributed by atoms with van der Waals surface area (Å²) in [6, 6.07) is 6.10. The maximum atomic E-state index is 14.7. The van der Waals surface area contributed by atoms with E-state index in [1.165, 1.54) is 24.8 Å². The van der Waals surface area contributed by atoms with Gasteiger partial charge >= 0.3 is 12.1 Å². The number of benzene rings is 2. The Morgan fingerprint density at radius 3 is 2.56 bits per heavy atom. The van der Waals surface area contributed by atoms with Crippen molar-refractivity contribution in [2.45, 2.75) is 74.6 Å². The fourth-order valence-electron chi connectivity index (χ4n) is 5.70. The number of piperidine rings is 1. The highest BCUT2D eigenvalue weighted by Crippen LogP contribution is 2.34. The van der Waals surface area contributed by atoms with Crippen molar-refractivity contribution in [2.24, 2.45) is 0 Å². The molecule has 41 heavy (non-hydrogen) atoms. The Labute approximate surface area is 242 Å². The molecule has 1 aliphatic heterocycles. The largest absolute Gasteiger partial charge is 0.481 e. The van der Waals surface area contributed by atoms with Gasteiger partial charge in [-0.1, -0.05) is 42.3 Å². The summed E-state index contributed by atoms with van der Waals surface area (Å²) in [6.45, 7) is 2.06. The van der Waals surface area contributed by atoms with E-state index in [1.807, 2.05) is 6.07 Å². The number of nitrogens with one attached hydrogen (secondary N) is 1. The average Bonchev–Trinajstić information content (AvgIpc) is 2.91. The molecule has 7 nitrogen and oxygen atoms in total. The minimum absolute atomic E-state index is 0.0221. The lowest BCUT2D eigenvalue weighted by Gasteiger charge is -2.33. The summed E-state index contributed by atoms with van der Waals surface area (Å²) in [4.78, 5) is 12.7. The van der Waals surface area contributed by atoms with Crippen molar-refractivity contribution in [1.29, 1.82) is 0 Å². The molecule has 2 N–H and O–H groups in total. The SMILES string of the molecule is O=C(O)C[C@@H](N(CCN[C@@H]1CCCc2cc(CN3CCCCC3)ccc21)S(=O)(=O)c1cccc(Cl)c1F)C(F)(F)F. The predicted molar refractivity (Wildman–Crippen MR) is 147 cm³/mol. The number of hydrogen-bond acceptors (Lipinski definition) is 5. The van der Waals surface area contributed by atoms with Crippen LogP contribution in [0.4, 0.5) is 17.6 Å². The van der Waals surface area contributed by atoms with E-state index in [2.05, 4.69) is 22.3 Å². The predicted octanol–water partition coefficient (Wildman–Crippen LogP) is 5.53. The Balaban J connectivity index is 1.54. The fourth-order valence-corrected chi connectivity index (χ4v) is 7.63. The first-order valence-electron chi connectivity index (χ1n) is 13.7. The number of sulfonamides is 1. The van der Waals surface area contributed by atoms with Crippen LogP contribution in [0.2, 0.25) is 5.02 Å². The summed E-state index contributed by atoms with van der Waals surface area (Å²) in [5, 5.41) is 11.7. The maximum absolute atomic E-state index is 14.7. The van der Waals surface area contributed by atoms with Crippen molar-refractivity contribution in [3.05, 3.63) is 63.9 Å². The number of nitrogens with zero attached hydrogens (tertiary/aromatic N) is 2. The molecular weight excluding hydrogens is 586 g/mol. The van der Waals surface area contributed by atoms with Gasteiger partial charge in [-0.3, -0.25) is 9.69 Å². The van der Waals surface area contributed by atoms with Crippen LogP contribution in [0.3, 0.4) is 0 Å². The lowest BCUT2D eigenvalue weighted by molar-refractivity contribution is -0.179. The van der Waals surface area contributed by atoms with Crippen molar-refractivity contribution < 1.29 is 35.9 Å². The van der Waals surface area contributed by atoms with Crippen LogP contribution in [-0.4, -0.2) is 67.1 Å². The van der Waals surface area contributed by atoms with E-state index >= 15 is 0 Å². The summed E-state index contributed by atoms with van der Waals surface area (Å²) in [5.41, 5.74) is 3.36. The molecule has 0 bridgehead atoms. The molecule has 0 aromatic heterocycles. The maximum Gasteiger partial charge on any atom is 0.405 e. The minimum Gasteiger partial charge on any atom is -0.481 e. The first kappa shape index (κ1) is 31.7. The van der Waals surface area contributed by atoms with Gasteiger partial charge in [0.05, 0.1) is 11.4 Å². The Morgan fingerprint density at radius 1 is 1.15 bits per heavy atom. The monoisotopic (exact) mass is 619 g/mol. The van der Waals surface area contributed by atoms with E-state index < -0.39 is 56.9 Å². The molecule has 2 aromatic rings. The van der Waals surface area contributed by atoms with Crippen LogP contribution < -0.4 is 5.32 Å². The number of aryl methyl sites for hydroxylation is 1. The van der Waals surface area contributed by atoms with Crippen LogP contribution in [-0.2, 0) is 27.8 Å². The molecule has 1 heterocycles. The molecule has 2 aromatic carbocycles. The van der Waals surface area contributed by atoms with Gasteiger partial charge < -0.3 is 10.4 Å². The topological polar surface area (TPSA) is 89.9 Å². The molecule has 2 atom stereocenters. The Bertz CT molecular complexity index is 1340. The van der Waals surface area contributed by atoms with Gasteiger partial charge in [0.1, 0.15) is 10.9 Å². The number of aliphatic carboxylic acids is 1. The summed E-state index contributed by atoms with van der Waals surface area (Å²) in [5.74, 6) is -3.24. The van der Waals surface area contributed by atoms with Crippen LogP contribution in [0.15, 0.2) is 41.3 Å². The molecule has 0 unspecified atom stereocenters. The highest BCUT2D eigenvalue weighted by Gasteiger charge is 2.49. The lowest BCUT2D eigenvalue weighted by atomic mass is 9.86. The van der Waals surface area contributed by atoms with Crippen molar-refractivity contribution in [1.82, 2.24) is 14.5 Å². The van der Waals surface area contributed by atoms with Gasteiger partial charge in [-0.25, -0.2) is 12.8 Å². The number of hydrogen-bond donors (Lipinski definition) is 2. The molecule has 13 heteroatoms. The first-order chi connectivity index (χ1) is 19.4.